The molecule has 0 radical (unpaired) electrons. The molecule has 1 N–H and O–H groups in total. The molecule has 0 bridgehead atoms. The molecule has 3 nitrogen and oxygen atoms in total. The van der Waals surface area contributed by atoms with E-state index in [1.807, 2.05) is 19.1 Å². The van der Waals surface area contributed by atoms with Crippen molar-refractivity contribution in [2.75, 3.05) is 5.32 Å². The molecule has 1 atom stereocenters. The van der Waals surface area contributed by atoms with Crippen LogP contribution in [0.5, 0.6) is 0 Å². The smallest absolute Gasteiger partial charge is 0.237 e. The highest BCUT2D eigenvalue weighted by atomic mass is 32.2. The minimum atomic E-state index is -0.0441. The van der Waals surface area contributed by atoms with E-state index in [1.165, 1.54) is 0 Å². The maximum Gasteiger partial charge on any atom is 0.237 e. The number of carbonyl (C=O) groups is 1. The number of carbonyl (C=O) groups excluding carboxylic acids is 1. The summed E-state index contributed by atoms with van der Waals surface area (Å²) in [4.78, 5) is 16.4. The number of aliphatic imine (C=N–C) groups is 1. The standard InChI is InChI=1S/C10H8N2OS2/c1-6-10(13)12-8-4-7(11-5-14)2-3-9(8)15-6/h2-4,6H,1H3,(H,12,13). The number of isothiocyanates is 1. The van der Waals surface area contributed by atoms with Gasteiger partial charge in [0.1, 0.15) is 0 Å². The zero-order chi connectivity index (χ0) is 10.8. The molecule has 2 rings (SSSR count). The number of thiocarbonyl (C=S) groups is 1. The molecule has 0 fully saturated rings. The van der Waals surface area contributed by atoms with Crippen molar-refractivity contribution in [3.63, 3.8) is 0 Å². The van der Waals surface area contributed by atoms with E-state index in [4.69, 9.17) is 0 Å². The number of hydrogen-bond donors (Lipinski definition) is 1. The van der Waals surface area contributed by atoms with Crippen LogP contribution >= 0.6 is 24.0 Å². The van der Waals surface area contributed by atoms with Gasteiger partial charge in [-0.25, -0.2) is 0 Å². The molecule has 76 valence electrons. The average Bonchev–Trinajstić information content (AvgIpc) is 2.21. The van der Waals surface area contributed by atoms with Gasteiger partial charge in [-0.3, -0.25) is 4.79 Å². The van der Waals surface area contributed by atoms with Gasteiger partial charge in [0, 0.05) is 4.90 Å². The topological polar surface area (TPSA) is 41.5 Å². The molecule has 1 aliphatic heterocycles. The number of amides is 1. The molecule has 1 unspecified atom stereocenters. The van der Waals surface area contributed by atoms with E-state index >= 15 is 0 Å². The van der Waals surface area contributed by atoms with Crippen LogP contribution in [0.2, 0.25) is 0 Å². The van der Waals surface area contributed by atoms with Crippen LogP contribution in [-0.4, -0.2) is 16.3 Å². The number of fused-ring (bicyclic) bond motifs is 1. The Morgan fingerprint density at radius 2 is 2.40 bits per heavy atom. The van der Waals surface area contributed by atoms with Crippen molar-refractivity contribution in [2.45, 2.75) is 17.1 Å². The van der Waals surface area contributed by atoms with Crippen LogP contribution < -0.4 is 5.32 Å². The number of rotatable bonds is 1. The van der Waals surface area contributed by atoms with E-state index in [-0.39, 0.29) is 11.2 Å². The second-order valence-electron chi connectivity index (χ2n) is 3.13. The zero-order valence-corrected chi connectivity index (χ0v) is 9.61. The van der Waals surface area contributed by atoms with Crippen molar-refractivity contribution in [3.8, 4) is 0 Å². The van der Waals surface area contributed by atoms with Gasteiger partial charge in [-0.05, 0) is 37.3 Å². The van der Waals surface area contributed by atoms with Gasteiger partial charge in [-0.2, -0.15) is 4.99 Å². The summed E-state index contributed by atoms with van der Waals surface area (Å²) in [6.07, 6.45) is 0. The molecule has 0 aromatic heterocycles. The quantitative estimate of drug-likeness (QED) is 0.602. The van der Waals surface area contributed by atoms with Crippen molar-refractivity contribution < 1.29 is 4.79 Å². The number of thioether (sulfide) groups is 1. The summed E-state index contributed by atoms with van der Waals surface area (Å²) < 4.78 is 0. The summed E-state index contributed by atoms with van der Waals surface area (Å²) >= 11 is 6.07. The van der Waals surface area contributed by atoms with E-state index in [2.05, 4.69) is 27.7 Å². The van der Waals surface area contributed by atoms with Crippen LogP contribution in [0.25, 0.3) is 0 Å². The lowest BCUT2D eigenvalue weighted by Crippen LogP contribution is -2.26. The second kappa shape index (κ2) is 4.14. The lowest BCUT2D eigenvalue weighted by atomic mass is 10.2. The van der Waals surface area contributed by atoms with E-state index < -0.39 is 0 Å². The molecule has 5 heteroatoms. The Morgan fingerprint density at radius 3 is 3.13 bits per heavy atom. The van der Waals surface area contributed by atoms with E-state index in [1.54, 1.807) is 17.8 Å². The van der Waals surface area contributed by atoms with Gasteiger partial charge in [-0.15, -0.1) is 11.8 Å². The van der Waals surface area contributed by atoms with Crippen molar-refractivity contribution in [3.05, 3.63) is 18.2 Å². The van der Waals surface area contributed by atoms with Gasteiger partial charge in [0.2, 0.25) is 5.91 Å². The lowest BCUT2D eigenvalue weighted by molar-refractivity contribution is -0.115. The van der Waals surface area contributed by atoms with Crippen LogP contribution in [0.4, 0.5) is 11.4 Å². The maximum absolute atomic E-state index is 11.4. The normalized spacial score (nSPS) is 18.7. The van der Waals surface area contributed by atoms with Gasteiger partial charge < -0.3 is 5.32 Å². The Morgan fingerprint density at radius 1 is 1.60 bits per heavy atom. The van der Waals surface area contributed by atoms with Crippen LogP contribution in [0.3, 0.4) is 0 Å². The zero-order valence-electron chi connectivity index (χ0n) is 7.98. The van der Waals surface area contributed by atoms with Gasteiger partial charge in [0.05, 0.1) is 21.8 Å². The summed E-state index contributed by atoms with van der Waals surface area (Å²) in [5, 5.41) is 5.08. The maximum atomic E-state index is 11.4. The molecule has 15 heavy (non-hydrogen) atoms. The van der Waals surface area contributed by atoms with Crippen LogP contribution in [0.1, 0.15) is 6.92 Å². The monoisotopic (exact) mass is 236 g/mol. The van der Waals surface area contributed by atoms with Crippen molar-refractivity contribution in [2.24, 2.45) is 4.99 Å². The summed E-state index contributed by atoms with van der Waals surface area (Å²) in [7, 11) is 0. The highest BCUT2D eigenvalue weighted by molar-refractivity contribution is 8.00. The predicted octanol–water partition coefficient (Wildman–Crippen LogP) is 2.85. The number of nitrogens with one attached hydrogen (secondary N) is 1. The first-order valence-corrected chi connectivity index (χ1v) is 5.69. The van der Waals surface area contributed by atoms with Gasteiger partial charge >= 0.3 is 0 Å². The molecule has 0 aliphatic carbocycles. The van der Waals surface area contributed by atoms with Crippen LogP contribution in [0.15, 0.2) is 28.1 Å². The molecular weight excluding hydrogens is 228 g/mol. The fourth-order valence-electron chi connectivity index (χ4n) is 1.32. The Balaban J connectivity index is 2.41. The van der Waals surface area contributed by atoms with Gasteiger partial charge in [0.15, 0.2) is 0 Å². The number of hydrogen-bond acceptors (Lipinski definition) is 4. The first-order valence-electron chi connectivity index (χ1n) is 4.40. The van der Waals surface area contributed by atoms with Crippen molar-refractivity contribution >= 4 is 46.4 Å². The van der Waals surface area contributed by atoms with E-state index in [9.17, 15) is 4.79 Å². The Kier molecular flexibility index (Phi) is 2.86. The first kappa shape index (κ1) is 10.4. The predicted molar refractivity (Wildman–Crippen MR) is 65.1 cm³/mol. The van der Waals surface area contributed by atoms with E-state index in [0.29, 0.717) is 5.69 Å². The average molecular weight is 236 g/mol. The molecule has 1 amide bonds. The van der Waals surface area contributed by atoms with Crippen LogP contribution in [0, 0.1) is 0 Å². The Bertz CT molecular complexity index is 466. The summed E-state index contributed by atoms with van der Waals surface area (Å²) in [5.41, 5.74) is 1.51. The summed E-state index contributed by atoms with van der Waals surface area (Å²) in [5.74, 6) is 0.0241. The molecule has 0 saturated heterocycles. The van der Waals surface area contributed by atoms with Crippen molar-refractivity contribution in [1.82, 2.24) is 0 Å². The van der Waals surface area contributed by atoms with E-state index in [0.717, 1.165) is 10.6 Å². The van der Waals surface area contributed by atoms with Crippen molar-refractivity contribution in [1.29, 1.82) is 0 Å². The minimum Gasteiger partial charge on any atom is -0.324 e. The highest BCUT2D eigenvalue weighted by Gasteiger charge is 2.22. The van der Waals surface area contributed by atoms with Crippen LogP contribution in [-0.2, 0) is 4.79 Å². The Hall–Kier alpha value is -1.16. The third-order valence-corrected chi connectivity index (χ3v) is 3.34. The molecule has 0 saturated carbocycles. The lowest BCUT2D eigenvalue weighted by Gasteiger charge is -2.21. The SMILES string of the molecule is CC1Sc2ccc(N=C=S)cc2NC1=O. The Labute approximate surface area is 97.0 Å². The first-order chi connectivity index (χ1) is 7.20. The largest absolute Gasteiger partial charge is 0.324 e. The molecule has 1 heterocycles. The minimum absolute atomic E-state index is 0.0241. The number of nitrogens with zero attached hydrogens (tertiary/aromatic N) is 1. The third-order valence-electron chi connectivity index (χ3n) is 2.07. The molecule has 1 aromatic carbocycles. The molecule has 1 aliphatic rings. The molecule has 0 spiro atoms. The molecule has 1 aromatic rings. The van der Waals surface area contributed by atoms with Gasteiger partial charge in [0.25, 0.3) is 0 Å². The number of benzene rings is 1. The fourth-order valence-corrected chi connectivity index (χ4v) is 2.35. The number of anilines is 1. The third kappa shape index (κ3) is 2.09. The fraction of sp³-hybridized carbons (Fsp3) is 0.200. The summed E-state index contributed by atoms with van der Waals surface area (Å²) in [6, 6.07) is 5.59. The highest BCUT2D eigenvalue weighted by Crippen LogP contribution is 2.37. The second-order valence-corrected chi connectivity index (χ2v) is 4.70. The molecular formula is C10H8N2OS2. The summed E-state index contributed by atoms with van der Waals surface area (Å²) in [6.45, 7) is 1.88. The van der Waals surface area contributed by atoms with Gasteiger partial charge in [-0.1, -0.05) is 0 Å².